The van der Waals surface area contributed by atoms with Crippen LogP contribution in [0, 0.1) is 0 Å². The van der Waals surface area contributed by atoms with Gasteiger partial charge in [-0.25, -0.2) is 4.98 Å². The topological polar surface area (TPSA) is 42.2 Å². The van der Waals surface area contributed by atoms with Crippen LogP contribution in [0.15, 0.2) is 36.5 Å². The van der Waals surface area contributed by atoms with Gasteiger partial charge in [-0.05, 0) is 18.9 Å². The van der Waals surface area contributed by atoms with E-state index < -0.39 is 0 Å². The second kappa shape index (κ2) is 8.25. The molecule has 20 heavy (non-hydrogen) atoms. The van der Waals surface area contributed by atoms with Crippen LogP contribution < -0.4 is 5.73 Å². The molecule has 0 saturated heterocycles. The number of rotatable bonds is 6. The molecular formula is C15H22ClN3S. The Morgan fingerprint density at radius 2 is 1.95 bits per heavy atom. The first kappa shape index (κ1) is 17.0. The molecule has 0 radical (unpaired) electrons. The molecule has 0 aliphatic heterocycles. The molecule has 1 unspecified atom stereocenters. The Kier molecular flexibility index (Phi) is 6.99. The van der Waals surface area contributed by atoms with Crippen molar-refractivity contribution in [3.05, 3.63) is 47.0 Å². The predicted molar refractivity (Wildman–Crippen MR) is 89.2 cm³/mol. The molecule has 5 heteroatoms. The lowest BCUT2D eigenvalue weighted by Gasteiger charge is -2.27. The van der Waals surface area contributed by atoms with Crippen LogP contribution in [0.1, 0.15) is 30.7 Å². The SMILES string of the molecule is CCC(C)N(Cc1ccccc1)Cc1cnc(N)s1.Cl. The van der Waals surface area contributed by atoms with Gasteiger partial charge in [-0.15, -0.1) is 23.7 Å². The van der Waals surface area contributed by atoms with E-state index in [1.165, 1.54) is 10.4 Å². The van der Waals surface area contributed by atoms with Crippen molar-refractivity contribution >= 4 is 28.9 Å². The van der Waals surface area contributed by atoms with E-state index in [2.05, 4.69) is 54.1 Å². The number of aromatic nitrogens is 1. The third kappa shape index (κ3) is 4.78. The predicted octanol–water partition coefficient (Wildman–Crippen LogP) is 3.95. The Labute approximate surface area is 131 Å². The summed E-state index contributed by atoms with van der Waals surface area (Å²) in [4.78, 5) is 7.84. The fourth-order valence-electron chi connectivity index (χ4n) is 2.04. The molecule has 2 aromatic rings. The van der Waals surface area contributed by atoms with Crippen molar-refractivity contribution < 1.29 is 0 Å². The molecule has 1 atom stereocenters. The van der Waals surface area contributed by atoms with Crippen LogP contribution >= 0.6 is 23.7 Å². The van der Waals surface area contributed by atoms with E-state index in [0.717, 1.165) is 19.5 Å². The molecule has 0 aliphatic rings. The van der Waals surface area contributed by atoms with Gasteiger partial charge in [0.1, 0.15) is 0 Å². The maximum Gasteiger partial charge on any atom is 0.180 e. The summed E-state index contributed by atoms with van der Waals surface area (Å²) >= 11 is 1.58. The molecule has 1 heterocycles. The molecule has 0 aliphatic carbocycles. The summed E-state index contributed by atoms with van der Waals surface area (Å²) in [7, 11) is 0. The fraction of sp³-hybridized carbons (Fsp3) is 0.400. The molecule has 1 aromatic carbocycles. The standard InChI is InChI=1S/C15H21N3S.ClH/c1-3-12(2)18(10-13-7-5-4-6-8-13)11-14-9-17-15(16)19-14;/h4-9,12H,3,10-11H2,1-2H3,(H2,16,17);1H. The number of anilines is 1. The minimum atomic E-state index is 0. The van der Waals surface area contributed by atoms with Crippen molar-refractivity contribution in [2.24, 2.45) is 0 Å². The zero-order valence-corrected chi connectivity index (χ0v) is 13.6. The highest BCUT2D eigenvalue weighted by molar-refractivity contribution is 7.15. The summed E-state index contributed by atoms with van der Waals surface area (Å²) in [5.74, 6) is 0. The summed E-state index contributed by atoms with van der Waals surface area (Å²) in [6, 6.07) is 11.1. The average Bonchev–Trinajstić information content (AvgIpc) is 2.84. The van der Waals surface area contributed by atoms with Gasteiger partial charge in [0, 0.05) is 30.2 Å². The molecule has 1 aromatic heterocycles. The molecule has 2 N–H and O–H groups in total. The van der Waals surface area contributed by atoms with Crippen molar-refractivity contribution in [2.45, 2.75) is 39.4 Å². The number of nitrogen functional groups attached to an aromatic ring is 1. The Morgan fingerprint density at radius 3 is 2.50 bits per heavy atom. The average molecular weight is 312 g/mol. The second-order valence-corrected chi connectivity index (χ2v) is 5.96. The Morgan fingerprint density at radius 1 is 1.25 bits per heavy atom. The Hall–Kier alpha value is -1.10. The van der Waals surface area contributed by atoms with Gasteiger partial charge in [0.25, 0.3) is 0 Å². The summed E-state index contributed by atoms with van der Waals surface area (Å²) in [6.07, 6.45) is 3.03. The van der Waals surface area contributed by atoms with E-state index in [1.807, 2.05) is 6.20 Å². The number of halogens is 1. The number of hydrogen-bond acceptors (Lipinski definition) is 4. The molecule has 0 fully saturated rings. The van der Waals surface area contributed by atoms with E-state index in [9.17, 15) is 0 Å². The molecule has 2 rings (SSSR count). The van der Waals surface area contributed by atoms with Gasteiger partial charge in [0.2, 0.25) is 0 Å². The maximum atomic E-state index is 5.70. The third-order valence-electron chi connectivity index (χ3n) is 3.37. The first-order valence-corrected chi connectivity index (χ1v) is 7.49. The Balaban J connectivity index is 0.00000200. The molecule has 0 bridgehead atoms. The van der Waals surface area contributed by atoms with Crippen LogP contribution in [0.5, 0.6) is 0 Å². The van der Waals surface area contributed by atoms with Gasteiger partial charge in [0.15, 0.2) is 5.13 Å². The van der Waals surface area contributed by atoms with Crippen molar-refractivity contribution in [2.75, 3.05) is 5.73 Å². The van der Waals surface area contributed by atoms with E-state index in [1.54, 1.807) is 11.3 Å². The zero-order chi connectivity index (χ0) is 13.7. The second-order valence-electron chi connectivity index (χ2n) is 4.81. The van der Waals surface area contributed by atoms with Gasteiger partial charge in [-0.1, -0.05) is 37.3 Å². The van der Waals surface area contributed by atoms with E-state index in [0.29, 0.717) is 11.2 Å². The minimum absolute atomic E-state index is 0. The van der Waals surface area contributed by atoms with Crippen LogP contribution in [-0.2, 0) is 13.1 Å². The van der Waals surface area contributed by atoms with Crippen LogP contribution in [0.4, 0.5) is 5.13 Å². The van der Waals surface area contributed by atoms with Crippen molar-refractivity contribution in [1.82, 2.24) is 9.88 Å². The molecule has 0 saturated carbocycles. The largest absolute Gasteiger partial charge is 0.375 e. The van der Waals surface area contributed by atoms with Gasteiger partial charge < -0.3 is 5.73 Å². The highest BCUT2D eigenvalue weighted by Gasteiger charge is 2.14. The highest BCUT2D eigenvalue weighted by Crippen LogP contribution is 2.20. The molecule has 110 valence electrons. The lowest BCUT2D eigenvalue weighted by atomic mass is 10.1. The highest BCUT2D eigenvalue weighted by atomic mass is 35.5. The monoisotopic (exact) mass is 311 g/mol. The summed E-state index contributed by atoms with van der Waals surface area (Å²) in [5.41, 5.74) is 7.05. The minimum Gasteiger partial charge on any atom is -0.375 e. The molecule has 0 spiro atoms. The van der Waals surface area contributed by atoms with E-state index in [-0.39, 0.29) is 12.4 Å². The summed E-state index contributed by atoms with van der Waals surface area (Å²) in [5, 5.41) is 0.652. The number of benzene rings is 1. The van der Waals surface area contributed by atoms with Gasteiger partial charge in [-0.2, -0.15) is 0 Å². The Bertz CT molecular complexity index is 501. The molecule has 3 nitrogen and oxygen atoms in total. The number of nitrogens with two attached hydrogens (primary N) is 1. The smallest absolute Gasteiger partial charge is 0.180 e. The normalized spacial score (nSPS) is 12.2. The summed E-state index contributed by atoms with van der Waals surface area (Å²) < 4.78 is 0. The lowest BCUT2D eigenvalue weighted by Crippen LogP contribution is -2.31. The third-order valence-corrected chi connectivity index (χ3v) is 4.18. The van der Waals surface area contributed by atoms with Crippen LogP contribution in [0.2, 0.25) is 0 Å². The van der Waals surface area contributed by atoms with Crippen LogP contribution in [-0.4, -0.2) is 15.9 Å². The van der Waals surface area contributed by atoms with Crippen molar-refractivity contribution in [3.63, 3.8) is 0 Å². The first-order valence-electron chi connectivity index (χ1n) is 6.67. The lowest BCUT2D eigenvalue weighted by molar-refractivity contribution is 0.188. The van der Waals surface area contributed by atoms with Crippen LogP contribution in [0.3, 0.4) is 0 Å². The fourth-order valence-corrected chi connectivity index (χ4v) is 2.75. The first-order chi connectivity index (χ1) is 9.19. The van der Waals surface area contributed by atoms with Gasteiger partial charge in [0.05, 0.1) is 0 Å². The van der Waals surface area contributed by atoms with Crippen molar-refractivity contribution in [1.29, 1.82) is 0 Å². The van der Waals surface area contributed by atoms with Crippen LogP contribution in [0.25, 0.3) is 0 Å². The molecule has 0 amide bonds. The van der Waals surface area contributed by atoms with Gasteiger partial charge in [-0.3, -0.25) is 4.90 Å². The van der Waals surface area contributed by atoms with Gasteiger partial charge >= 0.3 is 0 Å². The van der Waals surface area contributed by atoms with E-state index in [4.69, 9.17) is 5.73 Å². The molecular weight excluding hydrogens is 290 g/mol. The zero-order valence-electron chi connectivity index (χ0n) is 12.0. The quantitative estimate of drug-likeness (QED) is 0.878. The number of nitrogens with zero attached hydrogens (tertiary/aromatic N) is 2. The maximum absolute atomic E-state index is 5.70. The number of thiazole rings is 1. The van der Waals surface area contributed by atoms with Crippen molar-refractivity contribution in [3.8, 4) is 0 Å². The summed E-state index contributed by atoms with van der Waals surface area (Å²) in [6.45, 7) is 6.38. The van der Waals surface area contributed by atoms with E-state index >= 15 is 0 Å². The number of hydrogen-bond donors (Lipinski definition) is 1.